The number of likely N-dealkylation sites (tertiary alicyclic amines) is 1. The summed E-state index contributed by atoms with van der Waals surface area (Å²) in [5.74, 6) is 1.32. The van der Waals surface area contributed by atoms with E-state index in [4.69, 9.17) is 4.52 Å². The van der Waals surface area contributed by atoms with Gasteiger partial charge in [-0.2, -0.15) is 4.31 Å². The number of rotatable bonds is 3. The van der Waals surface area contributed by atoms with Gasteiger partial charge in [0.1, 0.15) is 5.76 Å². The third-order valence-corrected chi connectivity index (χ3v) is 5.90. The smallest absolute Gasteiger partial charge is 0.276 e. The molecule has 8 heteroatoms. The molecule has 3 heterocycles. The molecule has 0 unspecified atom stereocenters. The zero-order valence-corrected chi connectivity index (χ0v) is 12.5. The molecule has 2 atom stereocenters. The SMILES string of the molecule is CS(=O)(=O)N1C[C@H]2CN(C(=O)c3cc(C4CC4)on3)[C@H]2C1. The van der Waals surface area contributed by atoms with Crippen LogP contribution in [0.5, 0.6) is 0 Å². The summed E-state index contributed by atoms with van der Waals surface area (Å²) < 4.78 is 29.8. The zero-order chi connectivity index (χ0) is 14.8. The Labute approximate surface area is 122 Å². The maximum atomic E-state index is 12.4. The third kappa shape index (κ3) is 2.17. The summed E-state index contributed by atoms with van der Waals surface area (Å²) in [6.45, 7) is 1.50. The largest absolute Gasteiger partial charge is 0.360 e. The van der Waals surface area contributed by atoms with E-state index in [0.717, 1.165) is 18.6 Å². The minimum Gasteiger partial charge on any atom is -0.360 e. The van der Waals surface area contributed by atoms with Crippen LogP contribution in [0.25, 0.3) is 0 Å². The molecule has 4 rings (SSSR count). The molecule has 21 heavy (non-hydrogen) atoms. The highest BCUT2D eigenvalue weighted by Gasteiger charge is 2.50. The molecule has 2 saturated heterocycles. The second-order valence-corrected chi connectivity index (χ2v) is 8.24. The van der Waals surface area contributed by atoms with E-state index in [1.54, 1.807) is 11.0 Å². The summed E-state index contributed by atoms with van der Waals surface area (Å²) in [6.07, 6.45) is 3.41. The average Bonchev–Trinajstić information content (AvgIpc) is 3.02. The Kier molecular flexibility index (Phi) is 2.71. The van der Waals surface area contributed by atoms with Crippen LogP contribution >= 0.6 is 0 Å². The van der Waals surface area contributed by atoms with Crippen molar-refractivity contribution in [2.75, 3.05) is 25.9 Å². The van der Waals surface area contributed by atoms with Crippen molar-refractivity contribution in [3.05, 3.63) is 17.5 Å². The van der Waals surface area contributed by atoms with Gasteiger partial charge in [0.15, 0.2) is 5.69 Å². The van der Waals surface area contributed by atoms with Crippen LogP contribution < -0.4 is 0 Å². The van der Waals surface area contributed by atoms with Crippen molar-refractivity contribution in [3.63, 3.8) is 0 Å². The van der Waals surface area contributed by atoms with Gasteiger partial charge in [-0.3, -0.25) is 4.79 Å². The number of hydrogen-bond donors (Lipinski definition) is 0. The molecule has 1 aromatic heterocycles. The van der Waals surface area contributed by atoms with Gasteiger partial charge in [0, 0.05) is 37.5 Å². The molecule has 2 aliphatic heterocycles. The lowest BCUT2D eigenvalue weighted by Crippen LogP contribution is -2.58. The molecule has 7 nitrogen and oxygen atoms in total. The van der Waals surface area contributed by atoms with Gasteiger partial charge in [0.05, 0.1) is 12.3 Å². The number of aromatic nitrogens is 1. The second kappa shape index (κ2) is 4.30. The Hall–Kier alpha value is -1.41. The van der Waals surface area contributed by atoms with Crippen molar-refractivity contribution in [2.45, 2.75) is 24.8 Å². The fourth-order valence-corrected chi connectivity index (χ4v) is 4.09. The first-order valence-corrected chi connectivity index (χ1v) is 9.01. The molecular formula is C13H17N3O4S. The molecule has 0 N–H and O–H groups in total. The van der Waals surface area contributed by atoms with E-state index < -0.39 is 10.0 Å². The van der Waals surface area contributed by atoms with Gasteiger partial charge >= 0.3 is 0 Å². The standard InChI is InChI=1S/C13H17N3O4S/c1-21(18,19)15-5-9-6-16(11(9)7-15)13(17)10-4-12(20-14-10)8-2-3-8/h4,8-9,11H,2-3,5-7H2,1H3/t9-,11-/m0/s1. The van der Waals surface area contributed by atoms with E-state index in [1.165, 1.54) is 10.6 Å². The van der Waals surface area contributed by atoms with E-state index in [-0.39, 0.29) is 17.9 Å². The Morgan fingerprint density at radius 3 is 2.76 bits per heavy atom. The van der Waals surface area contributed by atoms with Crippen molar-refractivity contribution in [3.8, 4) is 0 Å². The third-order valence-electron chi connectivity index (χ3n) is 4.66. The minimum absolute atomic E-state index is 0.0201. The maximum absolute atomic E-state index is 12.4. The van der Waals surface area contributed by atoms with Crippen LogP contribution in [0.2, 0.25) is 0 Å². The van der Waals surface area contributed by atoms with Crippen molar-refractivity contribution >= 4 is 15.9 Å². The van der Waals surface area contributed by atoms with Crippen LogP contribution in [0.15, 0.2) is 10.6 Å². The van der Waals surface area contributed by atoms with E-state index >= 15 is 0 Å². The number of amides is 1. The maximum Gasteiger partial charge on any atom is 0.276 e. The molecule has 1 saturated carbocycles. The first kappa shape index (κ1) is 13.3. The summed E-state index contributed by atoms with van der Waals surface area (Å²) in [5, 5.41) is 3.86. The Morgan fingerprint density at radius 2 is 2.10 bits per heavy atom. The van der Waals surface area contributed by atoms with E-state index in [0.29, 0.717) is 31.2 Å². The molecule has 3 aliphatic rings. The van der Waals surface area contributed by atoms with Gasteiger partial charge in [-0.25, -0.2) is 8.42 Å². The predicted molar refractivity (Wildman–Crippen MR) is 73.2 cm³/mol. The minimum atomic E-state index is -3.18. The number of sulfonamides is 1. The van der Waals surface area contributed by atoms with Gasteiger partial charge in [-0.1, -0.05) is 5.16 Å². The molecule has 1 aromatic rings. The number of carbonyl (C=O) groups excluding carboxylic acids is 1. The molecule has 0 aromatic carbocycles. The monoisotopic (exact) mass is 311 g/mol. The van der Waals surface area contributed by atoms with Crippen LogP contribution in [-0.4, -0.2) is 60.6 Å². The molecule has 0 spiro atoms. The van der Waals surface area contributed by atoms with Crippen LogP contribution in [0.3, 0.4) is 0 Å². The number of nitrogens with zero attached hydrogens (tertiary/aromatic N) is 3. The lowest BCUT2D eigenvalue weighted by atomic mass is 9.91. The van der Waals surface area contributed by atoms with Crippen molar-refractivity contribution < 1.29 is 17.7 Å². The fourth-order valence-electron chi connectivity index (χ4n) is 3.20. The van der Waals surface area contributed by atoms with Crippen LogP contribution in [0, 0.1) is 5.92 Å². The first-order valence-electron chi connectivity index (χ1n) is 7.16. The summed E-state index contributed by atoms with van der Waals surface area (Å²) in [6, 6.07) is 1.71. The summed E-state index contributed by atoms with van der Waals surface area (Å²) >= 11 is 0. The highest BCUT2D eigenvalue weighted by molar-refractivity contribution is 7.88. The van der Waals surface area contributed by atoms with Crippen molar-refractivity contribution in [2.24, 2.45) is 5.92 Å². The molecule has 1 aliphatic carbocycles. The summed E-state index contributed by atoms with van der Waals surface area (Å²) in [4.78, 5) is 14.1. The van der Waals surface area contributed by atoms with E-state index in [9.17, 15) is 13.2 Å². The molecular weight excluding hydrogens is 294 g/mol. The first-order chi connectivity index (χ1) is 9.93. The van der Waals surface area contributed by atoms with Gasteiger partial charge in [0.25, 0.3) is 5.91 Å². The zero-order valence-electron chi connectivity index (χ0n) is 11.7. The molecule has 114 valence electrons. The fraction of sp³-hybridized carbons (Fsp3) is 0.692. The number of hydrogen-bond acceptors (Lipinski definition) is 5. The number of carbonyl (C=O) groups is 1. The average molecular weight is 311 g/mol. The summed E-state index contributed by atoms with van der Waals surface area (Å²) in [7, 11) is -3.18. The van der Waals surface area contributed by atoms with Crippen LogP contribution in [-0.2, 0) is 10.0 Å². The lowest BCUT2D eigenvalue weighted by molar-refractivity contribution is 0.0317. The Bertz CT molecular complexity index is 694. The van der Waals surface area contributed by atoms with E-state index in [2.05, 4.69) is 5.16 Å². The normalized spacial score (nSPS) is 29.3. The number of fused-ring (bicyclic) bond motifs is 1. The van der Waals surface area contributed by atoms with Crippen molar-refractivity contribution in [1.29, 1.82) is 0 Å². The van der Waals surface area contributed by atoms with Crippen molar-refractivity contribution in [1.82, 2.24) is 14.4 Å². The molecule has 0 bridgehead atoms. The molecule has 0 radical (unpaired) electrons. The topological polar surface area (TPSA) is 83.7 Å². The lowest BCUT2D eigenvalue weighted by Gasteiger charge is -2.43. The van der Waals surface area contributed by atoms with E-state index in [1.807, 2.05) is 0 Å². The highest BCUT2D eigenvalue weighted by atomic mass is 32.2. The van der Waals surface area contributed by atoms with Crippen LogP contribution in [0.4, 0.5) is 0 Å². The van der Waals surface area contributed by atoms with Gasteiger partial charge in [-0.15, -0.1) is 0 Å². The quantitative estimate of drug-likeness (QED) is 0.800. The molecule has 1 amide bonds. The van der Waals surface area contributed by atoms with Gasteiger partial charge in [-0.05, 0) is 12.8 Å². The summed E-state index contributed by atoms with van der Waals surface area (Å²) in [5.41, 5.74) is 0.341. The highest BCUT2D eigenvalue weighted by Crippen LogP contribution is 2.40. The predicted octanol–water partition coefficient (Wildman–Crippen LogP) is 0.268. The second-order valence-electron chi connectivity index (χ2n) is 6.25. The van der Waals surface area contributed by atoms with Gasteiger partial charge in [0.2, 0.25) is 10.0 Å². The Balaban J connectivity index is 1.47. The molecule has 3 fully saturated rings. The van der Waals surface area contributed by atoms with Gasteiger partial charge < -0.3 is 9.42 Å². The Morgan fingerprint density at radius 1 is 1.33 bits per heavy atom. The van der Waals surface area contributed by atoms with Crippen LogP contribution in [0.1, 0.15) is 35.0 Å².